The van der Waals surface area contributed by atoms with Crippen LogP contribution in [0.25, 0.3) is 5.69 Å². The minimum Gasteiger partial charge on any atom is -0.370 e. The first kappa shape index (κ1) is 14.7. The van der Waals surface area contributed by atoms with Crippen molar-refractivity contribution in [2.45, 2.75) is 39.0 Å². The van der Waals surface area contributed by atoms with Gasteiger partial charge in [0.2, 0.25) is 0 Å². The predicted molar refractivity (Wildman–Crippen MR) is 89.1 cm³/mol. The van der Waals surface area contributed by atoms with E-state index < -0.39 is 0 Å². The Balaban J connectivity index is 2.20. The molecular weight excluding hydrogens is 305 g/mol. The molecule has 0 spiro atoms. The van der Waals surface area contributed by atoms with E-state index in [2.05, 4.69) is 19.2 Å². The van der Waals surface area contributed by atoms with E-state index in [-0.39, 0.29) is 0 Å². The van der Waals surface area contributed by atoms with Gasteiger partial charge >= 0.3 is 0 Å². The Bertz CT molecular complexity index is 662. The Morgan fingerprint density at radius 3 is 2.81 bits per heavy atom. The summed E-state index contributed by atoms with van der Waals surface area (Å²) < 4.78 is 1.92. The average molecular weight is 324 g/mol. The van der Waals surface area contributed by atoms with Crippen LogP contribution in [0.2, 0.25) is 10.0 Å². The van der Waals surface area contributed by atoms with Gasteiger partial charge < -0.3 is 5.32 Å². The molecule has 1 aliphatic heterocycles. The van der Waals surface area contributed by atoms with Crippen LogP contribution < -0.4 is 5.32 Å². The normalized spacial score (nSPS) is 14.7. The number of anilines is 1. The van der Waals surface area contributed by atoms with Crippen molar-refractivity contribution in [3.63, 3.8) is 0 Å². The van der Waals surface area contributed by atoms with Crippen LogP contribution >= 0.6 is 23.2 Å². The van der Waals surface area contributed by atoms with Gasteiger partial charge in [-0.2, -0.15) is 5.10 Å². The summed E-state index contributed by atoms with van der Waals surface area (Å²) in [5, 5.41) is 9.65. The molecule has 0 fully saturated rings. The smallest absolute Gasteiger partial charge is 0.133 e. The van der Waals surface area contributed by atoms with Crippen LogP contribution in [0, 0.1) is 0 Å². The largest absolute Gasteiger partial charge is 0.370 e. The Hall–Kier alpha value is -1.19. The molecular formula is C16H19Cl2N3. The van der Waals surface area contributed by atoms with Crippen LogP contribution in [0.1, 0.15) is 43.9 Å². The van der Waals surface area contributed by atoms with Crippen molar-refractivity contribution in [1.29, 1.82) is 0 Å². The summed E-state index contributed by atoms with van der Waals surface area (Å²) in [7, 11) is 0. The third-order valence-electron chi connectivity index (χ3n) is 3.84. The molecule has 112 valence electrons. The third-order valence-corrected chi connectivity index (χ3v) is 4.40. The fourth-order valence-corrected chi connectivity index (χ4v) is 3.18. The van der Waals surface area contributed by atoms with Gasteiger partial charge in [0.05, 0.1) is 16.4 Å². The van der Waals surface area contributed by atoms with E-state index in [4.69, 9.17) is 28.3 Å². The molecule has 0 saturated heterocycles. The summed E-state index contributed by atoms with van der Waals surface area (Å²) in [6, 6.07) is 5.49. The number of benzene rings is 1. The number of fused-ring (bicyclic) bond motifs is 1. The highest BCUT2D eigenvalue weighted by atomic mass is 35.5. The molecule has 3 nitrogen and oxygen atoms in total. The highest BCUT2D eigenvalue weighted by molar-refractivity contribution is 6.34. The zero-order valence-electron chi connectivity index (χ0n) is 12.3. The van der Waals surface area contributed by atoms with Gasteiger partial charge in [0.1, 0.15) is 5.82 Å². The van der Waals surface area contributed by atoms with Gasteiger partial charge in [-0.1, -0.05) is 37.0 Å². The first-order valence-corrected chi connectivity index (χ1v) is 8.14. The Morgan fingerprint density at radius 1 is 1.24 bits per heavy atom. The maximum atomic E-state index is 6.36. The molecule has 3 rings (SSSR count). The van der Waals surface area contributed by atoms with E-state index in [1.807, 2.05) is 16.8 Å². The first-order chi connectivity index (χ1) is 10.1. The lowest BCUT2D eigenvalue weighted by Gasteiger charge is -2.11. The lowest BCUT2D eigenvalue weighted by molar-refractivity contribution is 0.731. The van der Waals surface area contributed by atoms with Crippen molar-refractivity contribution < 1.29 is 0 Å². The number of aromatic nitrogens is 2. The summed E-state index contributed by atoms with van der Waals surface area (Å²) in [6.45, 7) is 5.32. The minimum atomic E-state index is 0.387. The number of rotatable bonds is 2. The van der Waals surface area contributed by atoms with E-state index in [9.17, 15) is 0 Å². The highest BCUT2D eigenvalue weighted by Gasteiger charge is 2.23. The molecule has 0 amide bonds. The molecule has 0 radical (unpaired) electrons. The number of nitrogens with one attached hydrogen (secondary N) is 1. The molecule has 5 heteroatoms. The van der Waals surface area contributed by atoms with E-state index in [0.717, 1.165) is 30.2 Å². The fourth-order valence-electron chi connectivity index (χ4n) is 2.82. The van der Waals surface area contributed by atoms with Crippen molar-refractivity contribution in [3.05, 3.63) is 39.5 Å². The summed E-state index contributed by atoms with van der Waals surface area (Å²) in [5.41, 5.74) is 3.30. The minimum absolute atomic E-state index is 0.387. The Morgan fingerprint density at radius 2 is 2.05 bits per heavy atom. The first-order valence-electron chi connectivity index (χ1n) is 7.39. The lowest BCUT2D eigenvalue weighted by atomic mass is 10.0. The van der Waals surface area contributed by atoms with E-state index >= 15 is 0 Å². The van der Waals surface area contributed by atoms with Crippen LogP contribution in [0.3, 0.4) is 0 Å². The molecule has 2 aromatic rings. The molecule has 0 aliphatic carbocycles. The Labute approximate surface area is 135 Å². The molecule has 0 atom stereocenters. The van der Waals surface area contributed by atoms with Crippen molar-refractivity contribution in [2.24, 2.45) is 0 Å². The van der Waals surface area contributed by atoms with Crippen LogP contribution in [-0.2, 0) is 6.42 Å². The van der Waals surface area contributed by atoms with Crippen molar-refractivity contribution >= 4 is 29.0 Å². The van der Waals surface area contributed by atoms with E-state index in [1.165, 1.54) is 18.4 Å². The topological polar surface area (TPSA) is 29.9 Å². The van der Waals surface area contributed by atoms with Crippen molar-refractivity contribution in [2.75, 3.05) is 11.9 Å². The number of nitrogens with zero attached hydrogens (tertiary/aromatic N) is 2. The van der Waals surface area contributed by atoms with E-state index in [0.29, 0.717) is 16.0 Å². The van der Waals surface area contributed by atoms with Crippen LogP contribution in [0.4, 0.5) is 5.82 Å². The number of hydrogen-bond donors (Lipinski definition) is 1. The van der Waals surface area contributed by atoms with Crippen molar-refractivity contribution in [3.8, 4) is 5.69 Å². The standard InChI is InChI=1S/C16H19Cl2N3/c1-10(2)15-12-5-3-4-8-19-16(12)21(20-15)14-9-11(17)6-7-13(14)18/h6-7,9-10,19H,3-5,8H2,1-2H3. The predicted octanol–water partition coefficient (Wildman–Crippen LogP) is 5.05. The zero-order valence-corrected chi connectivity index (χ0v) is 13.8. The second-order valence-electron chi connectivity index (χ2n) is 5.76. The van der Waals surface area contributed by atoms with Gasteiger partial charge in [-0.3, -0.25) is 0 Å². The van der Waals surface area contributed by atoms with Gasteiger partial charge in [0.15, 0.2) is 0 Å². The number of hydrogen-bond acceptors (Lipinski definition) is 2. The molecule has 0 unspecified atom stereocenters. The van der Waals surface area contributed by atoms with Crippen LogP contribution in [0.15, 0.2) is 18.2 Å². The summed E-state index contributed by atoms with van der Waals surface area (Å²) in [5.74, 6) is 1.46. The third kappa shape index (κ3) is 2.77. The van der Waals surface area contributed by atoms with Crippen molar-refractivity contribution in [1.82, 2.24) is 9.78 Å². The maximum Gasteiger partial charge on any atom is 0.133 e. The van der Waals surface area contributed by atoms with Crippen LogP contribution in [0.5, 0.6) is 0 Å². The molecule has 0 bridgehead atoms. The van der Waals surface area contributed by atoms with E-state index in [1.54, 1.807) is 6.07 Å². The summed E-state index contributed by atoms with van der Waals surface area (Å²) in [6.07, 6.45) is 3.43. The SMILES string of the molecule is CC(C)c1nn(-c2cc(Cl)ccc2Cl)c2c1CCCCN2. The lowest BCUT2D eigenvalue weighted by Crippen LogP contribution is -2.07. The monoisotopic (exact) mass is 323 g/mol. The molecule has 21 heavy (non-hydrogen) atoms. The van der Waals surface area contributed by atoms with Gasteiger partial charge in [-0.05, 0) is 43.4 Å². The molecule has 1 aromatic heterocycles. The second kappa shape index (κ2) is 5.90. The molecule has 1 aliphatic rings. The van der Waals surface area contributed by atoms with Gasteiger partial charge in [-0.25, -0.2) is 4.68 Å². The molecule has 0 saturated carbocycles. The maximum absolute atomic E-state index is 6.36. The fraction of sp³-hybridized carbons (Fsp3) is 0.438. The molecule has 1 aromatic carbocycles. The van der Waals surface area contributed by atoms with Crippen LogP contribution in [-0.4, -0.2) is 16.3 Å². The van der Waals surface area contributed by atoms with Gasteiger partial charge in [0.25, 0.3) is 0 Å². The highest BCUT2D eigenvalue weighted by Crippen LogP contribution is 2.34. The quantitative estimate of drug-likeness (QED) is 0.837. The average Bonchev–Trinajstić information content (AvgIpc) is 2.64. The second-order valence-corrected chi connectivity index (χ2v) is 6.60. The molecule has 1 N–H and O–H groups in total. The summed E-state index contributed by atoms with van der Waals surface area (Å²) in [4.78, 5) is 0. The Kier molecular flexibility index (Phi) is 4.14. The van der Waals surface area contributed by atoms with Gasteiger partial charge in [-0.15, -0.1) is 0 Å². The summed E-state index contributed by atoms with van der Waals surface area (Å²) >= 11 is 12.5. The molecule has 2 heterocycles. The van der Waals surface area contributed by atoms with Gasteiger partial charge in [0, 0.05) is 17.1 Å². The number of halogens is 2. The zero-order chi connectivity index (χ0) is 15.0.